The van der Waals surface area contributed by atoms with E-state index in [1.165, 1.54) is 12.0 Å². The average molecular weight is 359 g/mol. The first kappa shape index (κ1) is 18.9. The molecule has 0 saturated carbocycles. The lowest BCUT2D eigenvalue weighted by atomic mass is 10.0. The number of carboxylic acids is 1. The Morgan fingerprint density at radius 2 is 2.17 bits per heavy atom. The number of rotatable bonds is 10. The first-order chi connectivity index (χ1) is 11.5. The number of nitrogens with one attached hydrogen (secondary N) is 2. The summed E-state index contributed by atoms with van der Waals surface area (Å²) in [5, 5.41) is 15.1. The van der Waals surface area contributed by atoms with Crippen molar-refractivity contribution < 1.29 is 24.2 Å². The van der Waals surface area contributed by atoms with Crippen LogP contribution in [0, 0.1) is 0 Å². The summed E-state index contributed by atoms with van der Waals surface area (Å²) in [7, 11) is 1.52. The molecule has 3 atom stereocenters. The van der Waals surface area contributed by atoms with Gasteiger partial charge in [-0.25, -0.2) is 4.79 Å². The van der Waals surface area contributed by atoms with Crippen molar-refractivity contribution in [1.82, 2.24) is 15.5 Å². The molecule has 0 radical (unpaired) electrons. The Morgan fingerprint density at radius 3 is 2.88 bits per heavy atom. The number of hydrogen-bond acceptors (Lipinski definition) is 5. The number of urea groups is 1. The minimum absolute atomic E-state index is 0.0899. The summed E-state index contributed by atoms with van der Waals surface area (Å²) in [6.07, 6.45) is 2.89. The Bertz CT molecular complexity index is 476. The average Bonchev–Trinajstić information content (AvgIpc) is 3.07. The third kappa shape index (κ3) is 5.27. The third-order valence-corrected chi connectivity index (χ3v) is 5.82. The van der Waals surface area contributed by atoms with Crippen LogP contribution in [0.1, 0.15) is 25.7 Å². The van der Waals surface area contributed by atoms with E-state index in [1.54, 1.807) is 0 Å². The van der Waals surface area contributed by atoms with Gasteiger partial charge in [0.2, 0.25) is 5.91 Å². The van der Waals surface area contributed by atoms with Gasteiger partial charge in [-0.15, -0.1) is 0 Å². The fraction of sp³-hybridized carbons (Fsp3) is 0.800. The quantitative estimate of drug-likeness (QED) is 0.382. The van der Waals surface area contributed by atoms with Gasteiger partial charge < -0.3 is 25.4 Å². The normalized spacial score (nSPS) is 25.0. The molecule has 0 aliphatic carbocycles. The molecule has 2 saturated heterocycles. The topological polar surface area (TPSA) is 108 Å². The van der Waals surface area contributed by atoms with Crippen LogP contribution in [0.3, 0.4) is 0 Å². The summed E-state index contributed by atoms with van der Waals surface area (Å²) in [6.45, 7) is 0.331. The summed E-state index contributed by atoms with van der Waals surface area (Å²) in [5.41, 5.74) is 0. The van der Waals surface area contributed by atoms with E-state index >= 15 is 0 Å². The van der Waals surface area contributed by atoms with Crippen LogP contribution in [0.15, 0.2) is 0 Å². The van der Waals surface area contributed by atoms with Gasteiger partial charge in [-0.05, 0) is 12.8 Å². The van der Waals surface area contributed by atoms with Crippen LogP contribution in [-0.2, 0) is 14.3 Å². The Hall–Kier alpha value is -1.48. The molecular formula is C15H25N3O5S. The summed E-state index contributed by atoms with van der Waals surface area (Å²) in [6, 6.07) is 0.311. The molecule has 2 heterocycles. The zero-order chi connectivity index (χ0) is 17.5. The lowest BCUT2D eigenvalue weighted by molar-refractivity contribution is -0.144. The van der Waals surface area contributed by atoms with Crippen molar-refractivity contribution >= 4 is 29.7 Å². The molecule has 0 aromatic heterocycles. The lowest BCUT2D eigenvalue weighted by Crippen LogP contribution is -2.38. The number of ether oxygens (including phenoxy) is 1. The summed E-state index contributed by atoms with van der Waals surface area (Å²) in [4.78, 5) is 35.6. The fourth-order valence-corrected chi connectivity index (χ4v) is 4.62. The van der Waals surface area contributed by atoms with Crippen molar-refractivity contribution in [1.29, 1.82) is 0 Å². The number of aliphatic carboxylic acids is 1. The van der Waals surface area contributed by atoms with E-state index in [2.05, 4.69) is 10.6 Å². The minimum atomic E-state index is -1.02. The van der Waals surface area contributed by atoms with Gasteiger partial charge in [-0.3, -0.25) is 9.59 Å². The highest BCUT2D eigenvalue weighted by Crippen LogP contribution is 2.33. The van der Waals surface area contributed by atoms with E-state index in [-0.39, 0.29) is 30.6 Å². The summed E-state index contributed by atoms with van der Waals surface area (Å²) < 4.78 is 4.92. The Balaban J connectivity index is 1.67. The maximum Gasteiger partial charge on any atom is 0.323 e. The number of unbranched alkanes of at least 4 members (excludes halogenated alkanes) is 1. The van der Waals surface area contributed by atoms with Gasteiger partial charge in [0, 0.05) is 31.1 Å². The lowest BCUT2D eigenvalue weighted by Gasteiger charge is -2.20. The Kier molecular flexibility index (Phi) is 7.16. The molecule has 0 bridgehead atoms. The first-order valence-corrected chi connectivity index (χ1v) is 9.23. The van der Waals surface area contributed by atoms with Crippen molar-refractivity contribution in [3.8, 4) is 0 Å². The van der Waals surface area contributed by atoms with Crippen molar-refractivity contribution in [2.75, 3.05) is 32.6 Å². The van der Waals surface area contributed by atoms with E-state index < -0.39 is 5.97 Å². The van der Waals surface area contributed by atoms with Gasteiger partial charge >= 0.3 is 12.0 Å². The van der Waals surface area contributed by atoms with E-state index in [9.17, 15) is 14.4 Å². The van der Waals surface area contributed by atoms with E-state index in [0.29, 0.717) is 24.8 Å². The number of carboxylic acid groups (broad SMARTS) is 1. The maximum absolute atomic E-state index is 12.1. The van der Waals surface area contributed by atoms with Crippen LogP contribution in [0.4, 0.5) is 4.79 Å². The number of thioether (sulfide) groups is 1. The number of carbonyl (C=O) groups is 3. The van der Waals surface area contributed by atoms with Gasteiger partial charge in [0.15, 0.2) is 0 Å². The second-order valence-corrected chi connectivity index (χ2v) is 7.34. The molecule has 2 aliphatic rings. The standard InChI is InChI=1S/C15H25N3O5S/c1-23-7-6-18(8-13(20)21)12(19)5-3-2-4-11-14-10(9-24-11)16-15(22)17-14/h10-11,14H,2-9H2,1H3,(H,20,21)(H2,16,17,22)/t10-,11-,14-/m0/s1. The van der Waals surface area contributed by atoms with Crippen molar-refractivity contribution in [2.45, 2.75) is 43.0 Å². The smallest absolute Gasteiger partial charge is 0.323 e. The molecule has 2 aliphatic heterocycles. The van der Waals surface area contributed by atoms with Gasteiger partial charge in [-0.2, -0.15) is 11.8 Å². The van der Waals surface area contributed by atoms with Crippen LogP contribution in [0.25, 0.3) is 0 Å². The largest absolute Gasteiger partial charge is 0.480 e. The van der Waals surface area contributed by atoms with E-state index in [0.717, 1.165) is 25.0 Å². The van der Waals surface area contributed by atoms with E-state index in [1.807, 2.05) is 11.8 Å². The highest BCUT2D eigenvalue weighted by molar-refractivity contribution is 8.00. The van der Waals surface area contributed by atoms with Crippen LogP contribution in [0.2, 0.25) is 0 Å². The monoisotopic (exact) mass is 359 g/mol. The molecule has 8 nitrogen and oxygen atoms in total. The predicted octanol–water partition coefficient (Wildman–Crippen LogP) is 0.272. The first-order valence-electron chi connectivity index (χ1n) is 8.18. The molecule has 3 amide bonds. The molecule has 2 fully saturated rings. The number of amides is 3. The maximum atomic E-state index is 12.1. The number of fused-ring (bicyclic) bond motifs is 1. The number of hydrogen-bond donors (Lipinski definition) is 3. The third-order valence-electron chi connectivity index (χ3n) is 4.31. The number of nitrogens with zero attached hydrogens (tertiary/aromatic N) is 1. The molecule has 0 aromatic rings. The molecule has 0 aromatic carbocycles. The van der Waals surface area contributed by atoms with Crippen LogP contribution >= 0.6 is 11.8 Å². The second kappa shape index (κ2) is 9.12. The van der Waals surface area contributed by atoms with Gasteiger partial charge in [-0.1, -0.05) is 6.42 Å². The van der Waals surface area contributed by atoms with Crippen molar-refractivity contribution in [2.24, 2.45) is 0 Å². The van der Waals surface area contributed by atoms with Crippen LogP contribution < -0.4 is 10.6 Å². The fourth-order valence-electron chi connectivity index (χ4n) is 3.08. The molecule has 2 rings (SSSR count). The minimum Gasteiger partial charge on any atom is -0.480 e. The van der Waals surface area contributed by atoms with Crippen LogP contribution in [-0.4, -0.2) is 77.8 Å². The predicted molar refractivity (Wildman–Crippen MR) is 90.0 cm³/mol. The zero-order valence-electron chi connectivity index (χ0n) is 13.8. The number of carbonyl (C=O) groups excluding carboxylic acids is 2. The highest BCUT2D eigenvalue weighted by Gasteiger charge is 2.42. The van der Waals surface area contributed by atoms with Crippen molar-refractivity contribution in [3.63, 3.8) is 0 Å². The SMILES string of the molecule is COCCN(CC(=O)O)C(=O)CCCC[C@@H]1SC[C@@H]2NC(=O)N[C@@H]21. The van der Waals surface area contributed by atoms with Crippen LogP contribution in [0.5, 0.6) is 0 Å². The summed E-state index contributed by atoms with van der Waals surface area (Å²) >= 11 is 1.85. The molecule has 9 heteroatoms. The molecule has 0 unspecified atom stereocenters. The Morgan fingerprint density at radius 1 is 1.38 bits per heavy atom. The van der Waals surface area contributed by atoms with Gasteiger partial charge in [0.05, 0.1) is 18.7 Å². The molecular weight excluding hydrogens is 334 g/mol. The number of methoxy groups -OCH3 is 1. The van der Waals surface area contributed by atoms with Crippen molar-refractivity contribution in [3.05, 3.63) is 0 Å². The van der Waals surface area contributed by atoms with E-state index in [4.69, 9.17) is 9.84 Å². The van der Waals surface area contributed by atoms with Gasteiger partial charge in [0.25, 0.3) is 0 Å². The highest BCUT2D eigenvalue weighted by atomic mass is 32.2. The zero-order valence-corrected chi connectivity index (χ0v) is 14.6. The van der Waals surface area contributed by atoms with Gasteiger partial charge in [0.1, 0.15) is 6.54 Å². The molecule has 24 heavy (non-hydrogen) atoms. The Labute approximate surface area is 145 Å². The second-order valence-electron chi connectivity index (χ2n) is 6.07. The summed E-state index contributed by atoms with van der Waals surface area (Å²) in [5.74, 6) is -0.240. The molecule has 0 spiro atoms. The molecule has 136 valence electrons. The molecule has 3 N–H and O–H groups in total.